The SMILES string of the molecule is O=C(O)CC1S/C(=N\N=C\c2ccccc2)N(c2ccccc2)C1=O. The largest absolute Gasteiger partial charge is 0.481 e. The van der Waals surface area contributed by atoms with E-state index in [2.05, 4.69) is 10.2 Å². The molecule has 1 heterocycles. The van der Waals surface area contributed by atoms with Gasteiger partial charge in [0.25, 0.3) is 0 Å². The second kappa shape index (κ2) is 7.76. The maximum absolute atomic E-state index is 12.6. The summed E-state index contributed by atoms with van der Waals surface area (Å²) >= 11 is 1.12. The summed E-state index contributed by atoms with van der Waals surface area (Å²) in [6.07, 6.45) is 1.33. The summed E-state index contributed by atoms with van der Waals surface area (Å²) in [5.74, 6) is -1.32. The number of rotatable bonds is 5. The third-order valence-corrected chi connectivity index (χ3v) is 4.59. The summed E-state index contributed by atoms with van der Waals surface area (Å²) in [6.45, 7) is 0. The average Bonchev–Trinajstić information content (AvgIpc) is 2.91. The Morgan fingerprint density at radius 2 is 1.76 bits per heavy atom. The van der Waals surface area contributed by atoms with Crippen LogP contribution < -0.4 is 4.90 Å². The molecular formula is C18H15N3O3S. The second-order valence-corrected chi connectivity index (χ2v) is 6.42. The van der Waals surface area contributed by atoms with Gasteiger partial charge in [0.1, 0.15) is 5.25 Å². The van der Waals surface area contributed by atoms with Crippen LogP contribution in [-0.4, -0.2) is 33.6 Å². The Bertz CT molecular complexity index is 822. The predicted octanol–water partition coefficient (Wildman–Crippen LogP) is 3.00. The van der Waals surface area contributed by atoms with E-state index >= 15 is 0 Å². The first-order valence-electron chi connectivity index (χ1n) is 7.58. The summed E-state index contributed by atoms with van der Waals surface area (Å²) in [5.41, 5.74) is 1.52. The molecule has 25 heavy (non-hydrogen) atoms. The average molecular weight is 353 g/mol. The minimum absolute atomic E-state index is 0.256. The third-order valence-electron chi connectivity index (χ3n) is 3.46. The topological polar surface area (TPSA) is 82.3 Å². The Morgan fingerprint density at radius 3 is 2.40 bits per heavy atom. The molecule has 1 unspecified atom stereocenters. The van der Waals surface area contributed by atoms with Crippen LogP contribution >= 0.6 is 11.8 Å². The van der Waals surface area contributed by atoms with Gasteiger partial charge < -0.3 is 5.11 Å². The zero-order valence-corrected chi connectivity index (χ0v) is 14.0. The molecule has 1 atom stereocenters. The van der Waals surface area contributed by atoms with Crippen molar-refractivity contribution in [1.82, 2.24) is 0 Å². The summed E-state index contributed by atoms with van der Waals surface area (Å²) in [6, 6.07) is 18.5. The van der Waals surface area contributed by atoms with Crippen LogP contribution in [0.4, 0.5) is 5.69 Å². The number of amides is 1. The quantitative estimate of drug-likeness (QED) is 0.662. The molecule has 0 spiro atoms. The van der Waals surface area contributed by atoms with Crippen LogP contribution in [0, 0.1) is 0 Å². The molecule has 3 rings (SSSR count). The number of carboxylic acid groups (broad SMARTS) is 1. The molecule has 0 radical (unpaired) electrons. The van der Waals surface area contributed by atoms with E-state index in [-0.39, 0.29) is 12.3 Å². The molecule has 1 aliphatic heterocycles. The number of benzene rings is 2. The maximum atomic E-state index is 12.6. The minimum atomic E-state index is -1.02. The molecule has 2 aromatic carbocycles. The standard InChI is InChI=1S/C18H15N3O3S/c22-16(23)11-15-17(24)21(14-9-5-2-6-10-14)18(25-15)20-19-12-13-7-3-1-4-8-13/h1-10,12,15H,11H2,(H,22,23)/b19-12+,20-18-. The van der Waals surface area contributed by atoms with Crippen LogP contribution in [-0.2, 0) is 9.59 Å². The Kier molecular flexibility index (Phi) is 5.25. The van der Waals surface area contributed by atoms with Crippen LogP contribution in [0.15, 0.2) is 70.9 Å². The van der Waals surface area contributed by atoms with E-state index in [0.717, 1.165) is 17.3 Å². The number of carbonyl (C=O) groups is 2. The molecule has 1 amide bonds. The van der Waals surface area contributed by atoms with E-state index in [4.69, 9.17) is 5.11 Å². The number of hydrogen-bond acceptors (Lipinski definition) is 5. The lowest BCUT2D eigenvalue weighted by Gasteiger charge is -2.15. The Morgan fingerprint density at radius 1 is 1.12 bits per heavy atom. The highest BCUT2D eigenvalue weighted by Crippen LogP contribution is 2.33. The van der Waals surface area contributed by atoms with E-state index in [9.17, 15) is 9.59 Å². The molecule has 7 heteroatoms. The Labute approximate surface area is 148 Å². The highest BCUT2D eigenvalue weighted by molar-refractivity contribution is 8.16. The van der Waals surface area contributed by atoms with E-state index < -0.39 is 11.2 Å². The van der Waals surface area contributed by atoms with Gasteiger partial charge in [0.2, 0.25) is 5.91 Å². The highest BCUT2D eigenvalue weighted by atomic mass is 32.2. The van der Waals surface area contributed by atoms with Gasteiger partial charge in [0, 0.05) is 0 Å². The number of carbonyl (C=O) groups excluding carboxylic acids is 1. The van der Waals surface area contributed by atoms with Crippen molar-refractivity contribution in [2.75, 3.05) is 4.90 Å². The Hall–Kier alpha value is -2.93. The third kappa shape index (κ3) is 4.13. The second-order valence-electron chi connectivity index (χ2n) is 5.25. The number of anilines is 1. The van der Waals surface area contributed by atoms with Gasteiger partial charge >= 0.3 is 5.97 Å². The summed E-state index contributed by atoms with van der Waals surface area (Å²) in [4.78, 5) is 25.0. The summed E-state index contributed by atoms with van der Waals surface area (Å²) in [7, 11) is 0. The van der Waals surface area contributed by atoms with Gasteiger partial charge in [-0.05, 0) is 17.7 Å². The van der Waals surface area contributed by atoms with Crippen LogP contribution in [0.2, 0.25) is 0 Å². The predicted molar refractivity (Wildman–Crippen MR) is 99.0 cm³/mol. The lowest BCUT2D eigenvalue weighted by molar-refractivity contribution is -0.138. The van der Waals surface area contributed by atoms with Crippen LogP contribution in [0.1, 0.15) is 12.0 Å². The fourth-order valence-corrected chi connectivity index (χ4v) is 3.40. The molecule has 1 N–H and O–H groups in total. The van der Waals surface area contributed by atoms with E-state index in [1.54, 1.807) is 18.3 Å². The number of hydrogen-bond donors (Lipinski definition) is 1. The van der Waals surface area contributed by atoms with Crippen LogP contribution in [0.3, 0.4) is 0 Å². The number of aliphatic carboxylic acids is 1. The lowest BCUT2D eigenvalue weighted by atomic mass is 10.2. The number of amidine groups is 1. The number of para-hydroxylation sites is 1. The molecule has 0 aromatic heterocycles. The molecule has 0 bridgehead atoms. The first-order chi connectivity index (χ1) is 12.1. The van der Waals surface area contributed by atoms with E-state index in [1.165, 1.54) is 4.90 Å². The van der Waals surface area contributed by atoms with Gasteiger partial charge in [-0.15, -0.1) is 5.10 Å². The van der Waals surface area contributed by atoms with Gasteiger partial charge in [-0.1, -0.05) is 60.3 Å². The van der Waals surface area contributed by atoms with Gasteiger partial charge in [0.15, 0.2) is 5.17 Å². The highest BCUT2D eigenvalue weighted by Gasteiger charge is 2.40. The number of carboxylic acids is 1. The van der Waals surface area contributed by atoms with Crippen molar-refractivity contribution in [1.29, 1.82) is 0 Å². The molecule has 2 aromatic rings. The van der Waals surface area contributed by atoms with E-state index in [0.29, 0.717) is 10.9 Å². The summed E-state index contributed by atoms with van der Waals surface area (Å²) < 4.78 is 0. The lowest BCUT2D eigenvalue weighted by Crippen LogP contribution is -2.32. The molecule has 0 saturated carbocycles. The number of nitrogens with zero attached hydrogens (tertiary/aromatic N) is 3. The monoisotopic (exact) mass is 353 g/mol. The van der Waals surface area contributed by atoms with Crippen molar-refractivity contribution in [3.05, 3.63) is 66.2 Å². The normalized spacial score (nSPS) is 19.0. The van der Waals surface area contributed by atoms with Crippen molar-refractivity contribution < 1.29 is 14.7 Å². The van der Waals surface area contributed by atoms with Gasteiger partial charge in [-0.2, -0.15) is 5.10 Å². The zero-order chi connectivity index (χ0) is 17.6. The van der Waals surface area contributed by atoms with E-state index in [1.807, 2.05) is 48.5 Å². The van der Waals surface area contributed by atoms with Crippen molar-refractivity contribution in [2.45, 2.75) is 11.7 Å². The molecule has 0 aliphatic carbocycles. The fraction of sp³-hybridized carbons (Fsp3) is 0.111. The van der Waals surface area contributed by atoms with Gasteiger partial charge in [0.05, 0.1) is 18.3 Å². The first kappa shape index (κ1) is 16.9. The van der Waals surface area contributed by atoms with Gasteiger partial charge in [-0.3, -0.25) is 14.5 Å². The molecule has 6 nitrogen and oxygen atoms in total. The zero-order valence-electron chi connectivity index (χ0n) is 13.1. The first-order valence-corrected chi connectivity index (χ1v) is 8.46. The maximum Gasteiger partial charge on any atom is 0.305 e. The minimum Gasteiger partial charge on any atom is -0.481 e. The molecule has 1 saturated heterocycles. The molecule has 126 valence electrons. The van der Waals surface area contributed by atoms with Gasteiger partial charge in [-0.25, -0.2) is 0 Å². The molecule has 1 aliphatic rings. The van der Waals surface area contributed by atoms with Crippen molar-refractivity contribution in [3.8, 4) is 0 Å². The molecular weight excluding hydrogens is 338 g/mol. The van der Waals surface area contributed by atoms with Crippen molar-refractivity contribution >= 4 is 40.7 Å². The van der Waals surface area contributed by atoms with Crippen molar-refractivity contribution in [3.63, 3.8) is 0 Å². The fourth-order valence-electron chi connectivity index (χ4n) is 2.32. The smallest absolute Gasteiger partial charge is 0.305 e. The molecule has 1 fully saturated rings. The number of thioether (sulfide) groups is 1. The summed E-state index contributed by atoms with van der Waals surface area (Å²) in [5, 5.41) is 16.9. The van der Waals surface area contributed by atoms with Crippen molar-refractivity contribution in [2.24, 2.45) is 10.2 Å². The van der Waals surface area contributed by atoms with Crippen LogP contribution in [0.5, 0.6) is 0 Å². The Balaban J connectivity index is 1.88. The van der Waals surface area contributed by atoms with Crippen LogP contribution in [0.25, 0.3) is 0 Å².